The van der Waals surface area contributed by atoms with Gasteiger partial charge in [0, 0.05) is 17.8 Å². The number of benzene rings is 2. The third-order valence-electron chi connectivity index (χ3n) is 3.59. The van der Waals surface area contributed by atoms with Crippen molar-refractivity contribution < 1.29 is 24.2 Å². The number of carbonyl (C=O) groups is 2. The molecule has 4 N–H and O–H groups in total. The average molecular weight is 344 g/mol. The Morgan fingerprint density at radius 1 is 1.24 bits per heavy atom. The van der Waals surface area contributed by atoms with Crippen molar-refractivity contribution in [2.75, 3.05) is 19.0 Å². The minimum Gasteiger partial charge on any atom is -0.493 e. The van der Waals surface area contributed by atoms with E-state index >= 15 is 0 Å². The molecule has 0 aliphatic carbocycles. The lowest BCUT2D eigenvalue weighted by atomic mass is 10.1. The molecule has 0 saturated heterocycles. The second-order valence-corrected chi connectivity index (χ2v) is 5.39. The molecule has 2 aromatic rings. The lowest BCUT2D eigenvalue weighted by Crippen LogP contribution is -2.21. The number of aromatic carboxylic acids is 1. The second-order valence-electron chi connectivity index (χ2n) is 5.39. The number of para-hydroxylation sites is 1. The van der Waals surface area contributed by atoms with Crippen molar-refractivity contribution in [3.8, 4) is 11.5 Å². The van der Waals surface area contributed by atoms with Crippen LogP contribution in [0, 0.1) is 6.92 Å². The molecule has 0 saturated carbocycles. The number of nitrogens with one attached hydrogen (secondary N) is 1. The summed E-state index contributed by atoms with van der Waals surface area (Å²) in [6.07, 6.45) is 0. The minimum atomic E-state index is -0.991. The van der Waals surface area contributed by atoms with Gasteiger partial charge in [-0.2, -0.15) is 0 Å². The summed E-state index contributed by atoms with van der Waals surface area (Å²) in [5.74, 6) is -0.676. The molecule has 2 rings (SSSR count). The molecule has 132 valence electrons. The minimum absolute atomic E-state index is 0.198. The van der Waals surface area contributed by atoms with Gasteiger partial charge in [-0.3, -0.25) is 4.79 Å². The average Bonchev–Trinajstić information content (AvgIpc) is 2.58. The maximum atomic E-state index is 11.1. The molecule has 7 nitrogen and oxygen atoms in total. The summed E-state index contributed by atoms with van der Waals surface area (Å²) in [5.41, 5.74) is 7.69. The Morgan fingerprint density at radius 2 is 2.00 bits per heavy atom. The molecule has 7 heteroatoms. The van der Waals surface area contributed by atoms with Crippen LogP contribution >= 0.6 is 0 Å². The number of primary amides is 1. The number of hydrogen-bond acceptors (Lipinski definition) is 5. The molecular weight excluding hydrogens is 324 g/mol. The van der Waals surface area contributed by atoms with E-state index in [1.165, 1.54) is 7.11 Å². The van der Waals surface area contributed by atoms with Gasteiger partial charge in [0.15, 0.2) is 18.1 Å². The number of hydrogen-bond donors (Lipinski definition) is 3. The molecule has 0 unspecified atom stereocenters. The fourth-order valence-corrected chi connectivity index (χ4v) is 2.30. The monoisotopic (exact) mass is 344 g/mol. The number of methoxy groups -OCH3 is 1. The van der Waals surface area contributed by atoms with E-state index in [1.807, 2.05) is 13.0 Å². The highest BCUT2D eigenvalue weighted by Gasteiger charge is 2.13. The van der Waals surface area contributed by atoms with E-state index in [-0.39, 0.29) is 12.2 Å². The molecule has 0 aromatic heterocycles. The fraction of sp³-hybridized carbons (Fsp3) is 0.222. The van der Waals surface area contributed by atoms with Gasteiger partial charge >= 0.3 is 5.97 Å². The van der Waals surface area contributed by atoms with Crippen LogP contribution in [0.4, 0.5) is 5.69 Å². The van der Waals surface area contributed by atoms with Crippen LogP contribution in [-0.4, -0.2) is 30.7 Å². The van der Waals surface area contributed by atoms with Crippen LogP contribution in [0.5, 0.6) is 11.5 Å². The molecular formula is C18H20N2O5. The highest BCUT2D eigenvalue weighted by Crippen LogP contribution is 2.32. The number of amides is 1. The molecule has 0 radical (unpaired) electrons. The SMILES string of the molecule is COc1cccc(CNc2cc(C(=O)O)ccc2C)c1OCC(N)=O. The largest absolute Gasteiger partial charge is 0.493 e. The first-order valence-electron chi connectivity index (χ1n) is 7.57. The quantitative estimate of drug-likeness (QED) is 0.677. The van der Waals surface area contributed by atoms with E-state index in [4.69, 9.17) is 20.3 Å². The number of rotatable bonds is 8. The van der Waals surface area contributed by atoms with Gasteiger partial charge in [-0.05, 0) is 30.7 Å². The Bertz CT molecular complexity index is 789. The second kappa shape index (κ2) is 8.05. The lowest BCUT2D eigenvalue weighted by Gasteiger charge is -2.16. The summed E-state index contributed by atoms with van der Waals surface area (Å²) in [7, 11) is 1.50. The van der Waals surface area contributed by atoms with E-state index in [0.717, 1.165) is 11.1 Å². The van der Waals surface area contributed by atoms with Gasteiger partial charge in [0.2, 0.25) is 0 Å². The molecule has 2 aromatic carbocycles. The van der Waals surface area contributed by atoms with Crippen LogP contribution in [0.2, 0.25) is 0 Å². The van der Waals surface area contributed by atoms with Gasteiger partial charge in [0.05, 0.1) is 12.7 Å². The molecule has 0 heterocycles. The topological polar surface area (TPSA) is 111 Å². The highest BCUT2D eigenvalue weighted by atomic mass is 16.5. The number of anilines is 1. The fourth-order valence-electron chi connectivity index (χ4n) is 2.30. The first kappa shape index (κ1) is 18.1. The summed E-state index contributed by atoms with van der Waals surface area (Å²) in [5, 5.41) is 12.3. The Kier molecular flexibility index (Phi) is 5.84. The number of aryl methyl sites for hydroxylation is 1. The summed E-state index contributed by atoms with van der Waals surface area (Å²) < 4.78 is 10.7. The Labute approximate surface area is 145 Å². The van der Waals surface area contributed by atoms with Crippen LogP contribution in [0.15, 0.2) is 36.4 Å². The Balaban J connectivity index is 2.24. The zero-order valence-electron chi connectivity index (χ0n) is 14.0. The van der Waals surface area contributed by atoms with Gasteiger partial charge in [0.1, 0.15) is 0 Å². The molecule has 1 amide bonds. The van der Waals surface area contributed by atoms with Gasteiger partial charge in [-0.1, -0.05) is 18.2 Å². The molecule has 0 atom stereocenters. The molecule has 0 fully saturated rings. The van der Waals surface area contributed by atoms with E-state index in [0.29, 0.717) is 23.7 Å². The van der Waals surface area contributed by atoms with Gasteiger partial charge in [-0.25, -0.2) is 4.79 Å². The predicted octanol–water partition coefficient (Wildman–Crippen LogP) is 2.18. The van der Waals surface area contributed by atoms with Crippen molar-refractivity contribution in [1.29, 1.82) is 0 Å². The number of nitrogens with two attached hydrogens (primary N) is 1. The summed E-state index contributed by atoms with van der Waals surface area (Å²) in [6.45, 7) is 1.97. The van der Waals surface area contributed by atoms with E-state index in [1.54, 1.807) is 30.3 Å². The molecule has 0 aliphatic rings. The maximum absolute atomic E-state index is 11.1. The Hall–Kier alpha value is -3.22. The first-order chi connectivity index (χ1) is 11.9. The van der Waals surface area contributed by atoms with Gasteiger partial charge in [-0.15, -0.1) is 0 Å². The number of carboxylic acids is 1. The Morgan fingerprint density at radius 3 is 2.64 bits per heavy atom. The summed E-state index contributed by atoms with van der Waals surface area (Å²) in [4.78, 5) is 22.1. The molecule has 0 aliphatic heterocycles. The highest BCUT2D eigenvalue weighted by molar-refractivity contribution is 5.89. The lowest BCUT2D eigenvalue weighted by molar-refractivity contribution is -0.119. The number of carbonyl (C=O) groups excluding carboxylic acids is 1. The van der Waals surface area contributed by atoms with Crippen LogP contribution in [-0.2, 0) is 11.3 Å². The van der Waals surface area contributed by atoms with Crippen LogP contribution in [0.1, 0.15) is 21.5 Å². The zero-order chi connectivity index (χ0) is 18.4. The summed E-state index contributed by atoms with van der Waals surface area (Å²) in [6, 6.07) is 10.2. The van der Waals surface area contributed by atoms with Crippen molar-refractivity contribution >= 4 is 17.6 Å². The van der Waals surface area contributed by atoms with Crippen molar-refractivity contribution in [3.05, 3.63) is 53.1 Å². The number of ether oxygens (including phenoxy) is 2. The van der Waals surface area contributed by atoms with Crippen molar-refractivity contribution in [2.24, 2.45) is 5.73 Å². The van der Waals surface area contributed by atoms with Crippen LogP contribution < -0.4 is 20.5 Å². The van der Waals surface area contributed by atoms with Crippen molar-refractivity contribution in [2.45, 2.75) is 13.5 Å². The van der Waals surface area contributed by atoms with E-state index in [9.17, 15) is 9.59 Å². The summed E-state index contributed by atoms with van der Waals surface area (Å²) >= 11 is 0. The smallest absolute Gasteiger partial charge is 0.335 e. The molecule has 25 heavy (non-hydrogen) atoms. The van der Waals surface area contributed by atoms with Crippen molar-refractivity contribution in [3.63, 3.8) is 0 Å². The maximum Gasteiger partial charge on any atom is 0.335 e. The van der Waals surface area contributed by atoms with Crippen molar-refractivity contribution in [1.82, 2.24) is 0 Å². The molecule has 0 spiro atoms. The van der Waals surface area contributed by atoms with E-state index in [2.05, 4.69) is 5.32 Å². The van der Waals surface area contributed by atoms with E-state index < -0.39 is 11.9 Å². The number of carboxylic acid groups (broad SMARTS) is 1. The van der Waals surface area contributed by atoms with Gasteiger partial charge < -0.3 is 25.6 Å². The third kappa shape index (κ3) is 4.63. The predicted molar refractivity (Wildman–Crippen MR) is 93.1 cm³/mol. The standard InChI is InChI=1S/C18H20N2O5/c1-11-6-7-12(18(22)23)8-14(11)20-9-13-4-3-5-15(24-2)17(13)25-10-16(19)21/h3-8,20H,9-10H2,1-2H3,(H2,19,21)(H,22,23). The third-order valence-corrected chi connectivity index (χ3v) is 3.59. The van der Waals surface area contributed by atoms with Crippen LogP contribution in [0.25, 0.3) is 0 Å². The first-order valence-corrected chi connectivity index (χ1v) is 7.57. The van der Waals surface area contributed by atoms with Crippen LogP contribution in [0.3, 0.4) is 0 Å². The van der Waals surface area contributed by atoms with Gasteiger partial charge in [0.25, 0.3) is 5.91 Å². The zero-order valence-corrected chi connectivity index (χ0v) is 14.0. The molecule has 0 bridgehead atoms. The normalized spacial score (nSPS) is 10.2.